The summed E-state index contributed by atoms with van der Waals surface area (Å²) >= 11 is 7.34. The number of H-pyrrole nitrogens is 1. The van der Waals surface area contributed by atoms with Crippen molar-refractivity contribution in [1.82, 2.24) is 9.97 Å². The molecule has 2 aromatic carbocycles. The molecule has 0 bridgehead atoms. The number of halogens is 1. The molecule has 0 fully saturated rings. The summed E-state index contributed by atoms with van der Waals surface area (Å²) in [6.07, 6.45) is 0.905. The van der Waals surface area contributed by atoms with Gasteiger partial charge in [0.05, 0.1) is 25.5 Å². The molecule has 1 aliphatic carbocycles. The summed E-state index contributed by atoms with van der Waals surface area (Å²) in [4.78, 5) is 33.6. The molecule has 1 unspecified atom stereocenters. The van der Waals surface area contributed by atoms with Crippen LogP contribution >= 0.6 is 22.9 Å². The Kier molecular flexibility index (Phi) is 5.98. The third kappa shape index (κ3) is 4.13. The van der Waals surface area contributed by atoms with Crippen LogP contribution < -0.4 is 15.0 Å². The van der Waals surface area contributed by atoms with Crippen LogP contribution in [0.25, 0.3) is 21.8 Å². The first kappa shape index (κ1) is 22.4. The molecule has 1 atom stereocenters. The van der Waals surface area contributed by atoms with Crippen LogP contribution in [0.2, 0.25) is 5.02 Å². The number of aromatic nitrogens is 2. The number of aromatic amines is 1. The van der Waals surface area contributed by atoms with E-state index in [1.165, 1.54) is 11.3 Å². The molecule has 172 valence electrons. The highest BCUT2D eigenvalue weighted by atomic mass is 35.5. The molecule has 34 heavy (non-hydrogen) atoms. The number of nitrogens with one attached hydrogen (secondary N) is 1. The van der Waals surface area contributed by atoms with E-state index in [-0.39, 0.29) is 17.3 Å². The van der Waals surface area contributed by atoms with Crippen molar-refractivity contribution in [3.05, 3.63) is 86.1 Å². The van der Waals surface area contributed by atoms with Crippen molar-refractivity contribution < 1.29 is 14.3 Å². The molecule has 0 aliphatic heterocycles. The number of carbonyl (C=O) groups excluding carboxylic acids is 1. The lowest BCUT2D eigenvalue weighted by Gasteiger charge is -2.24. The van der Waals surface area contributed by atoms with Crippen LogP contribution in [-0.4, -0.2) is 30.0 Å². The molecule has 0 saturated heterocycles. The molecule has 4 aromatic rings. The minimum absolute atomic E-state index is 0.00647. The van der Waals surface area contributed by atoms with Gasteiger partial charge in [-0.15, -0.1) is 11.3 Å². The fourth-order valence-electron chi connectivity index (χ4n) is 4.28. The molecule has 2 aromatic heterocycles. The van der Waals surface area contributed by atoms with E-state index in [4.69, 9.17) is 21.1 Å². The Hall–Kier alpha value is -3.42. The fourth-order valence-corrected chi connectivity index (χ4v) is 5.25. The summed E-state index contributed by atoms with van der Waals surface area (Å²) in [5.41, 5.74) is 3.99. The molecule has 8 heteroatoms. The molecule has 6 nitrogen and oxygen atoms in total. The van der Waals surface area contributed by atoms with Gasteiger partial charge in [0.25, 0.3) is 5.56 Å². The molecule has 0 saturated carbocycles. The second kappa shape index (κ2) is 9.08. The number of fused-ring (bicyclic) bond motifs is 1. The normalized spacial score (nSPS) is 15.1. The number of benzene rings is 2. The lowest BCUT2D eigenvalue weighted by Crippen LogP contribution is -2.24. The Balaban J connectivity index is 1.46. The van der Waals surface area contributed by atoms with E-state index in [1.54, 1.807) is 32.4 Å². The van der Waals surface area contributed by atoms with E-state index >= 15 is 0 Å². The van der Waals surface area contributed by atoms with Gasteiger partial charge in [0.1, 0.15) is 5.01 Å². The van der Waals surface area contributed by atoms with Gasteiger partial charge in [-0.1, -0.05) is 29.8 Å². The molecule has 0 radical (unpaired) electrons. The number of nitrogens with zero attached hydrogens (tertiary/aromatic N) is 1. The van der Waals surface area contributed by atoms with E-state index in [0.717, 1.165) is 16.8 Å². The standard InChI is InChI=1S/C26H21ClN2O4S/c1-32-23-8-5-15(11-24(23)33-2)16-9-20-18(22(30)10-16)12-19(25(31)28-20)26-29-21(13-34-26)14-3-6-17(27)7-4-14/h3-8,11-13,16H,9-10H2,1-2H3,(H,28,31). The number of pyridine rings is 1. The van der Waals surface area contributed by atoms with Crippen molar-refractivity contribution in [1.29, 1.82) is 0 Å². The van der Waals surface area contributed by atoms with E-state index in [2.05, 4.69) is 9.97 Å². The predicted molar refractivity (Wildman–Crippen MR) is 134 cm³/mol. The third-order valence-electron chi connectivity index (χ3n) is 6.06. The second-order valence-corrected chi connectivity index (χ2v) is 9.39. The van der Waals surface area contributed by atoms with Crippen LogP contribution in [0, 0.1) is 0 Å². The predicted octanol–water partition coefficient (Wildman–Crippen LogP) is 5.75. The van der Waals surface area contributed by atoms with Gasteiger partial charge in [0.15, 0.2) is 17.3 Å². The van der Waals surface area contributed by atoms with Gasteiger partial charge in [-0.3, -0.25) is 9.59 Å². The highest BCUT2D eigenvalue weighted by molar-refractivity contribution is 7.13. The largest absolute Gasteiger partial charge is 0.493 e. The summed E-state index contributed by atoms with van der Waals surface area (Å²) in [6.45, 7) is 0. The van der Waals surface area contributed by atoms with Crippen molar-refractivity contribution in [3.63, 3.8) is 0 Å². The van der Waals surface area contributed by atoms with Gasteiger partial charge < -0.3 is 14.5 Å². The minimum atomic E-state index is -0.253. The number of hydrogen-bond donors (Lipinski definition) is 1. The number of hydrogen-bond acceptors (Lipinski definition) is 6. The molecular formula is C26H21ClN2O4S. The van der Waals surface area contributed by atoms with Gasteiger partial charge in [0, 0.05) is 33.6 Å². The molecule has 0 amide bonds. The van der Waals surface area contributed by atoms with Crippen LogP contribution in [-0.2, 0) is 6.42 Å². The molecule has 2 heterocycles. The summed E-state index contributed by atoms with van der Waals surface area (Å²) in [6, 6.07) is 14.7. The van der Waals surface area contributed by atoms with Crippen molar-refractivity contribution >= 4 is 28.7 Å². The van der Waals surface area contributed by atoms with Gasteiger partial charge in [-0.25, -0.2) is 4.98 Å². The summed E-state index contributed by atoms with van der Waals surface area (Å²) in [5, 5.41) is 3.12. The van der Waals surface area contributed by atoms with Crippen LogP contribution in [0.5, 0.6) is 11.5 Å². The van der Waals surface area contributed by atoms with Gasteiger partial charge in [0.2, 0.25) is 0 Å². The first-order chi connectivity index (χ1) is 16.5. The summed E-state index contributed by atoms with van der Waals surface area (Å²) in [7, 11) is 3.17. The molecular weight excluding hydrogens is 472 g/mol. The summed E-state index contributed by atoms with van der Waals surface area (Å²) in [5.74, 6) is 1.18. The lowest BCUT2D eigenvalue weighted by atomic mass is 9.81. The maximum absolute atomic E-state index is 13.1. The Morgan fingerprint density at radius 3 is 2.47 bits per heavy atom. The maximum atomic E-state index is 13.1. The molecule has 0 spiro atoms. The lowest BCUT2D eigenvalue weighted by molar-refractivity contribution is 0.0963. The van der Waals surface area contributed by atoms with E-state index in [1.807, 2.05) is 35.7 Å². The number of thiazole rings is 1. The third-order valence-corrected chi connectivity index (χ3v) is 7.19. The van der Waals surface area contributed by atoms with Crippen LogP contribution in [0.3, 0.4) is 0 Å². The minimum Gasteiger partial charge on any atom is -0.493 e. The quantitative estimate of drug-likeness (QED) is 0.383. The zero-order chi connectivity index (χ0) is 23.8. The van der Waals surface area contributed by atoms with Crippen molar-refractivity contribution in [2.45, 2.75) is 18.8 Å². The Morgan fingerprint density at radius 2 is 1.74 bits per heavy atom. The van der Waals surface area contributed by atoms with Crippen LogP contribution in [0.1, 0.15) is 34.0 Å². The zero-order valence-electron chi connectivity index (χ0n) is 18.6. The van der Waals surface area contributed by atoms with Crippen molar-refractivity contribution in [2.75, 3.05) is 14.2 Å². The molecule has 5 rings (SSSR count). The average Bonchev–Trinajstić information content (AvgIpc) is 3.33. The van der Waals surface area contributed by atoms with Crippen molar-refractivity contribution in [3.8, 4) is 33.3 Å². The van der Waals surface area contributed by atoms with Crippen LogP contribution in [0.4, 0.5) is 0 Å². The first-order valence-electron chi connectivity index (χ1n) is 10.7. The van der Waals surface area contributed by atoms with Gasteiger partial charge in [-0.2, -0.15) is 0 Å². The maximum Gasteiger partial charge on any atom is 0.258 e. The zero-order valence-corrected chi connectivity index (χ0v) is 20.1. The number of ether oxygens (including phenoxy) is 2. The smallest absolute Gasteiger partial charge is 0.258 e. The number of methoxy groups -OCH3 is 2. The van der Waals surface area contributed by atoms with Crippen LogP contribution in [0.15, 0.2) is 58.7 Å². The first-order valence-corrected chi connectivity index (χ1v) is 12.0. The van der Waals surface area contributed by atoms with Gasteiger partial charge >= 0.3 is 0 Å². The second-order valence-electron chi connectivity index (χ2n) is 8.09. The highest BCUT2D eigenvalue weighted by Crippen LogP contribution is 2.37. The number of rotatable bonds is 5. The molecule has 1 aliphatic rings. The highest BCUT2D eigenvalue weighted by Gasteiger charge is 2.29. The monoisotopic (exact) mass is 492 g/mol. The molecule has 1 N–H and O–H groups in total. The van der Waals surface area contributed by atoms with Gasteiger partial charge in [-0.05, 0) is 48.2 Å². The van der Waals surface area contributed by atoms with E-state index in [9.17, 15) is 9.59 Å². The number of carbonyl (C=O) groups is 1. The number of Topliss-reactive ketones (excluding diaryl/α,β-unsaturated/α-hetero) is 1. The Bertz CT molecular complexity index is 1440. The van der Waals surface area contributed by atoms with Crippen molar-refractivity contribution in [2.24, 2.45) is 0 Å². The fraction of sp³-hybridized carbons (Fsp3) is 0.192. The number of ketones is 1. The average molecular weight is 493 g/mol. The summed E-state index contributed by atoms with van der Waals surface area (Å²) < 4.78 is 10.7. The van der Waals surface area contributed by atoms with E-state index in [0.29, 0.717) is 51.2 Å². The topological polar surface area (TPSA) is 81.3 Å². The Morgan fingerprint density at radius 1 is 0.971 bits per heavy atom. The Labute approximate surface area is 205 Å². The SMILES string of the molecule is COc1ccc(C2CC(=O)c3cc(-c4nc(-c5ccc(Cl)cc5)cs4)c(=O)[nH]c3C2)cc1OC. The van der Waals surface area contributed by atoms with E-state index < -0.39 is 0 Å².